The van der Waals surface area contributed by atoms with Crippen LogP contribution < -0.4 is 10.8 Å². The number of aromatic nitrogens is 3. The molecule has 35 heavy (non-hydrogen) atoms. The van der Waals surface area contributed by atoms with Crippen LogP contribution in [0, 0.1) is 5.82 Å². The van der Waals surface area contributed by atoms with Crippen molar-refractivity contribution in [1.82, 2.24) is 25.8 Å². The van der Waals surface area contributed by atoms with E-state index in [1.54, 1.807) is 16.4 Å². The van der Waals surface area contributed by atoms with Crippen molar-refractivity contribution in [3.63, 3.8) is 0 Å². The van der Waals surface area contributed by atoms with E-state index in [0.717, 1.165) is 16.7 Å². The van der Waals surface area contributed by atoms with Gasteiger partial charge in [0.1, 0.15) is 11.5 Å². The van der Waals surface area contributed by atoms with Gasteiger partial charge in [0.25, 0.3) is 5.91 Å². The van der Waals surface area contributed by atoms with Crippen LogP contribution >= 0.6 is 0 Å². The molecule has 0 aliphatic carbocycles. The highest BCUT2D eigenvalue weighted by atomic mass is 19.1. The molecule has 0 bridgehead atoms. The van der Waals surface area contributed by atoms with E-state index in [4.69, 9.17) is 5.21 Å². The van der Waals surface area contributed by atoms with Crippen LogP contribution in [0.4, 0.5) is 4.39 Å². The summed E-state index contributed by atoms with van der Waals surface area (Å²) >= 11 is 0. The van der Waals surface area contributed by atoms with E-state index in [1.807, 2.05) is 54.6 Å². The summed E-state index contributed by atoms with van der Waals surface area (Å²) in [6.07, 6.45) is 2.12. The molecule has 2 amide bonds. The van der Waals surface area contributed by atoms with E-state index in [9.17, 15) is 14.0 Å². The summed E-state index contributed by atoms with van der Waals surface area (Å²) in [5.74, 6) is -1.33. The SMILES string of the molecule is O=C(CC(Cc1ccc(-c2ccccc2)cc1)n1cc(CNC(=O)c2ccc(F)cc2)nn1)NO. The summed E-state index contributed by atoms with van der Waals surface area (Å²) in [6.45, 7) is 0.112. The minimum atomic E-state index is -0.544. The minimum Gasteiger partial charge on any atom is -0.346 e. The van der Waals surface area contributed by atoms with Crippen LogP contribution in [-0.2, 0) is 17.8 Å². The molecule has 3 N–H and O–H groups in total. The van der Waals surface area contributed by atoms with Crippen molar-refractivity contribution in [3.05, 3.63) is 108 Å². The van der Waals surface area contributed by atoms with Crippen molar-refractivity contribution in [2.45, 2.75) is 25.4 Å². The van der Waals surface area contributed by atoms with E-state index < -0.39 is 17.8 Å². The van der Waals surface area contributed by atoms with Gasteiger partial charge in [0.05, 0.1) is 25.2 Å². The Morgan fingerprint density at radius 1 is 0.943 bits per heavy atom. The van der Waals surface area contributed by atoms with Gasteiger partial charge in [-0.3, -0.25) is 14.8 Å². The normalized spacial score (nSPS) is 11.6. The molecule has 9 heteroatoms. The number of amides is 2. The molecule has 0 spiro atoms. The van der Waals surface area contributed by atoms with Crippen molar-refractivity contribution in [3.8, 4) is 11.1 Å². The van der Waals surface area contributed by atoms with Gasteiger partial charge in [-0.2, -0.15) is 0 Å². The fourth-order valence-corrected chi connectivity index (χ4v) is 3.70. The lowest BCUT2D eigenvalue weighted by Crippen LogP contribution is -2.25. The highest BCUT2D eigenvalue weighted by molar-refractivity contribution is 5.94. The lowest BCUT2D eigenvalue weighted by molar-refractivity contribution is -0.130. The second-order valence-electron chi connectivity index (χ2n) is 8.04. The highest BCUT2D eigenvalue weighted by Gasteiger charge is 2.19. The zero-order valence-corrected chi connectivity index (χ0v) is 18.8. The van der Waals surface area contributed by atoms with E-state index >= 15 is 0 Å². The van der Waals surface area contributed by atoms with E-state index in [0.29, 0.717) is 17.7 Å². The average Bonchev–Trinajstić information content (AvgIpc) is 3.37. The topological polar surface area (TPSA) is 109 Å². The Balaban J connectivity index is 1.44. The van der Waals surface area contributed by atoms with Crippen LogP contribution in [0.5, 0.6) is 0 Å². The number of hydrogen-bond acceptors (Lipinski definition) is 5. The molecule has 4 rings (SSSR count). The molecule has 0 saturated carbocycles. The summed E-state index contributed by atoms with van der Waals surface area (Å²) in [6, 6.07) is 22.9. The molecule has 0 radical (unpaired) electrons. The first-order chi connectivity index (χ1) is 17.0. The molecule has 4 aromatic rings. The number of hydrogen-bond donors (Lipinski definition) is 3. The standard InChI is InChI=1S/C26H24FN5O3/c27-22-12-10-21(11-13-22)26(34)28-16-23-17-32(31-29-23)24(15-25(33)30-35)14-18-6-8-20(9-7-18)19-4-2-1-3-5-19/h1-13,17,24,35H,14-16H2,(H,28,34)(H,30,33). The molecule has 0 saturated heterocycles. The third kappa shape index (κ3) is 6.36. The number of benzene rings is 3. The van der Waals surface area contributed by atoms with Gasteiger partial charge >= 0.3 is 0 Å². The van der Waals surface area contributed by atoms with Crippen molar-refractivity contribution >= 4 is 11.8 Å². The number of nitrogens with zero attached hydrogens (tertiary/aromatic N) is 3. The molecule has 3 aromatic carbocycles. The first-order valence-corrected chi connectivity index (χ1v) is 11.0. The van der Waals surface area contributed by atoms with Crippen LogP contribution in [0.1, 0.15) is 34.1 Å². The number of carbonyl (C=O) groups excluding carboxylic acids is 2. The molecule has 1 heterocycles. The van der Waals surface area contributed by atoms with Crippen LogP contribution in [0.2, 0.25) is 0 Å². The Morgan fingerprint density at radius 2 is 1.63 bits per heavy atom. The number of rotatable bonds is 9. The number of hydroxylamine groups is 1. The van der Waals surface area contributed by atoms with Gasteiger partial charge in [0, 0.05) is 5.56 Å². The number of nitrogens with one attached hydrogen (secondary N) is 2. The number of carbonyl (C=O) groups is 2. The zero-order chi connectivity index (χ0) is 24.6. The predicted molar refractivity (Wildman–Crippen MR) is 127 cm³/mol. The Morgan fingerprint density at radius 3 is 2.31 bits per heavy atom. The van der Waals surface area contributed by atoms with Crippen LogP contribution in [-0.4, -0.2) is 32.0 Å². The largest absolute Gasteiger partial charge is 0.346 e. The minimum absolute atomic E-state index is 0.0122. The smallest absolute Gasteiger partial charge is 0.251 e. The van der Waals surface area contributed by atoms with Gasteiger partial charge in [0.2, 0.25) is 5.91 Å². The fraction of sp³-hybridized carbons (Fsp3) is 0.154. The predicted octanol–water partition coefficient (Wildman–Crippen LogP) is 3.69. The number of halogens is 1. The molecule has 8 nitrogen and oxygen atoms in total. The van der Waals surface area contributed by atoms with E-state index in [1.165, 1.54) is 24.3 Å². The molecule has 0 aliphatic rings. The van der Waals surface area contributed by atoms with E-state index in [-0.39, 0.29) is 18.9 Å². The summed E-state index contributed by atoms with van der Waals surface area (Å²) in [7, 11) is 0. The second-order valence-corrected chi connectivity index (χ2v) is 8.04. The van der Waals surface area contributed by atoms with Gasteiger partial charge in [0.15, 0.2) is 0 Å². The van der Waals surface area contributed by atoms with Crippen molar-refractivity contribution < 1.29 is 19.2 Å². The van der Waals surface area contributed by atoms with Crippen molar-refractivity contribution in [2.75, 3.05) is 0 Å². The molecule has 1 unspecified atom stereocenters. The Hall–Kier alpha value is -4.37. The molecule has 1 aromatic heterocycles. The summed E-state index contributed by atoms with van der Waals surface area (Å²) in [5.41, 5.74) is 5.67. The molecule has 0 fully saturated rings. The third-order valence-electron chi connectivity index (χ3n) is 5.55. The fourth-order valence-electron chi connectivity index (χ4n) is 3.70. The maximum Gasteiger partial charge on any atom is 0.251 e. The van der Waals surface area contributed by atoms with E-state index in [2.05, 4.69) is 15.6 Å². The molecule has 178 valence electrons. The molecular formula is C26H24FN5O3. The maximum atomic E-state index is 13.1. The van der Waals surface area contributed by atoms with Crippen LogP contribution in [0.15, 0.2) is 85.1 Å². The highest BCUT2D eigenvalue weighted by Crippen LogP contribution is 2.23. The zero-order valence-electron chi connectivity index (χ0n) is 18.8. The lowest BCUT2D eigenvalue weighted by atomic mass is 9.99. The summed E-state index contributed by atoms with van der Waals surface area (Å²) < 4.78 is 14.6. The van der Waals surface area contributed by atoms with Gasteiger partial charge < -0.3 is 5.32 Å². The quantitative estimate of drug-likeness (QED) is 0.254. The third-order valence-corrected chi connectivity index (χ3v) is 5.55. The Bertz CT molecular complexity index is 1270. The molecule has 0 aliphatic heterocycles. The van der Waals surface area contributed by atoms with Gasteiger partial charge in [-0.25, -0.2) is 14.6 Å². The second kappa shape index (κ2) is 11.2. The molecule has 1 atom stereocenters. The van der Waals surface area contributed by atoms with Crippen molar-refractivity contribution in [1.29, 1.82) is 0 Å². The maximum absolute atomic E-state index is 13.1. The van der Waals surface area contributed by atoms with Crippen LogP contribution in [0.25, 0.3) is 11.1 Å². The summed E-state index contributed by atoms with van der Waals surface area (Å²) in [5, 5.41) is 20.0. The average molecular weight is 474 g/mol. The Labute approximate surface area is 201 Å². The Kier molecular flexibility index (Phi) is 7.59. The van der Waals surface area contributed by atoms with Gasteiger partial charge in [-0.1, -0.05) is 59.8 Å². The summed E-state index contributed by atoms with van der Waals surface area (Å²) in [4.78, 5) is 24.2. The van der Waals surface area contributed by atoms with Crippen LogP contribution in [0.3, 0.4) is 0 Å². The van der Waals surface area contributed by atoms with Gasteiger partial charge in [-0.05, 0) is 47.4 Å². The first-order valence-electron chi connectivity index (χ1n) is 11.0. The monoisotopic (exact) mass is 473 g/mol. The molecular weight excluding hydrogens is 449 g/mol. The van der Waals surface area contributed by atoms with Gasteiger partial charge in [-0.15, -0.1) is 5.10 Å². The lowest BCUT2D eigenvalue weighted by Gasteiger charge is -2.16. The first kappa shape index (κ1) is 23.8. The van der Waals surface area contributed by atoms with Crippen molar-refractivity contribution in [2.24, 2.45) is 0 Å².